The number of nitrogens with two attached hydrogens (primary N) is 1. The maximum absolute atomic E-state index is 11.9. The molecule has 0 bridgehead atoms. The number of nitrogen functional groups attached to an aromatic ring is 1. The van der Waals surface area contributed by atoms with Gasteiger partial charge in [0.2, 0.25) is 5.95 Å². The van der Waals surface area contributed by atoms with E-state index in [9.17, 15) is 4.79 Å². The summed E-state index contributed by atoms with van der Waals surface area (Å²) in [7, 11) is 1.63. The smallest absolute Gasteiger partial charge is 0.262 e. The quantitative estimate of drug-likeness (QED) is 0.789. The van der Waals surface area contributed by atoms with Gasteiger partial charge in [-0.1, -0.05) is 19.9 Å². The molecule has 1 aromatic heterocycles. The average molecular weight is 217 g/mol. The lowest BCUT2D eigenvalue weighted by Crippen LogP contribution is -2.21. The lowest BCUT2D eigenvalue weighted by Gasteiger charge is -2.08. The molecular weight excluding hydrogens is 202 g/mol. The molecule has 0 spiro atoms. The maximum atomic E-state index is 11.9. The van der Waals surface area contributed by atoms with Gasteiger partial charge in [0.1, 0.15) is 0 Å². The number of hydrogen-bond acceptors (Lipinski definition) is 3. The summed E-state index contributed by atoms with van der Waals surface area (Å²) in [5.41, 5.74) is 7.40. The van der Waals surface area contributed by atoms with Gasteiger partial charge in [0.15, 0.2) is 0 Å². The Kier molecular flexibility index (Phi) is 2.42. The van der Waals surface area contributed by atoms with Crippen LogP contribution in [0.2, 0.25) is 0 Å². The molecule has 0 aliphatic rings. The summed E-state index contributed by atoms with van der Waals surface area (Å²) in [6, 6.07) is 5.71. The number of rotatable bonds is 1. The van der Waals surface area contributed by atoms with Gasteiger partial charge in [-0.25, -0.2) is 4.98 Å². The van der Waals surface area contributed by atoms with Gasteiger partial charge in [0.25, 0.3) is 5.56 Å². The molecule has 0 saturated carbocycles. The molecule has 2 rings (SSSR count). The Morgan fingerprint density at radius 1 is 1.38 bits per heavy atom. The second-order valence-electron chi connectivity index (χ2n) is 4.27. The van der Waals surface area contributed by atoms with Crippen molar-refractivity contribution in [1.82, 2.24) is 9.55 Å². The molecule has 0 amide bonds. The molecule has 16 heavy (non-hydrogen) atoms. The van der Waals surface area contributed by atoms with Gasteiger partial charge in [-0.15, -0.1) is 0 Å². The fourth-order valence-corrected chi connectivity index (χ4v) is 1.66. The van der Waals surface area contributed by atoms with Gasteiger partial charge in [0, 0.05) is 7.05 Å². The van der Waals surface area contributed by atoms with E-state index in [1.54, 1.807) is 7.05 Å². The highest BCUT2D eigenvalue weighted by atomic mass is 16.1. The van der Waals surface area contributed by atoms with E-state index in [0.717, 1.165) is 5.56 Å². The van der Waals surface area contributed by atoms with Crippen molar-refractivity contribution in [2.45, 2.75) is 19.8 Å². The minimum atomic E-state index is -0.0993. The van der Waals surface area contributed by atoms with Crippen LogP contribution in [0.3, 0.4) is 0 Å². The molecule has 0 unspecified atom stereocenters. The minimum Gasteiger partial charge on any atom is -0.369 e. The van der Waals surface area contributed by atoms with E-state index in [1.165, 1.54) is 4.57 Å². The SMILES string of the molecule is CC(C)c1ccc2c(=O)n(C)c(N)nc2c1. The van der Waals surface area contributed by atoms with Crippen LogP contribution in [0.15, 0.2) is 23.0 Å². The molecule has 0 atom stereocenters. The first-order valence-corrected chi connectivity index (χ1v) is 5.27. The van der Waals surface area contributed by atoms with Crippen LogP contribution >= 0.6 is 0 Å². The minimum absolute atomic E-state index is 0.0993. The Balaban J connectivity index is 2.81. The van der Waals surface area contributed by atoms with E-state index in [1.807, 2.05) is 18.2 Å². The summed E-state index contributed by atoms with van der Waals surface area (Å²) < 4.78 is 1.36. The van der Waals surface area contributed by atoms with E-state index in [0.29, 0.717) is 16.8 Å². The second-order valence-corrected chi connectivity index (χ2v) is 4.27. The standard InChI is InChI=1S/C12H15N3O/c1-7(2)8-4-5-9-10(6-8)14-12(13)15(3)11(9)16/h4-7H,1-3H3,(H2,13,14). The van der Waals surface area contributed by atoms with E-state index in [4.69, 9.17) is 5.73 Å². The fourth-order valence-electron chi connectivity index (χ4n) is 1.66. The molecule has 4 nitrogen and oxygen atoms in total. The first-order valence-electron chi connectivity index (χ1n) is 5.27. The number of fused-ring (bicyclic) bond motifs is 1. The summed E-state index contributed by atoms with van der Waals surface area (Å²) in [6.45, 7) is 4.21. The molecule has 4 heteroatoms. The van der Waals surface area contributed by atoms with Crippen molar-refractivity contribution in [2.24, 2.45) is 7.05 Å². The molecule has 84 valence electrons. The van der Waals surface area contributed by atoms with Crippen molar-refractivity contribution in [1.29, 1.82) is 0 Å². The van der Waals surface area contributed by atoms with Gasteiger partial charge in [-0.05, 0) is 23.6 Å². The number of aromatic nitrogens is 2. The third kappa shape index (κ3) is 1.56. The molecule has 0 aliphatic carbocycles. The predicted octanol–water partition coefficient (Wildman–Crippen LogP) is 1.64. The van der Waals surface area contributed by atoms with Crippen molar-refractivity contribution in [2.75, 3.05) is 5.73 Å². The zero-order valence-corrected chi connectivity index (χ0v) is 9.69. The molecule has 0 radical (unpaired) electrons. The number of hydrogen-bond donors (Lipinski definition) is 1. The molecule has 2 N–H and O–H groups in total. The molecule has 1 aromatic carbocycles. The van der Waals surface area contributed by atoms with Crippen LogP contribution in [0.4, 0.5) is 5.95 Å². The van der Waals surface area contributed by atoms with Crippen LogP contribution in [-0.4, -0.2) is 9.55 Å². The number of benzene rings is 1. The summed E-state index contributed by atoms with van der Waals surface area (Å²) in [6.07, 6.45) is 0. The Morgan fingerprint density at radius 3 is 2.69 bits per heavy atom. The third-order valence-electron chi connectivity index (χ3n) is 2.80. The lowest BCUT2D eigenvalue weighted by molar-refractivity contribution is 0.853. The van der Waals surface area contributed by atoms with Gasteiger partial charge in [-0.2, -0.15) is 0 Å². The summed E-state index contributed by atoms with van der Waals surface area (Å²) >= 11 is 0. The van der Waals surface area contributed by atoms with E-state index < -0.39 is 0 Å². The van der Waals surface area contributed by atoms with Crippen molar-refractivity contribution in [3.63, 3.8) is 0 Å². The maximum Gasteiger partial charge on any atom is 0.262 e. The average Bonchev–Trinajstić information content (AvgIpc) is 2.25. The van der Waals surface area contributed by atoms with E-state index in [-0.39, 0.29) is 11.5 Å². The van der Waals surface area contributed by atoms with Crippen molar-refractivity contribution < 1.29 is 0 Å². The van der Waals surface area contributed by atoms with Crippen molar-refractivity contribution in [3.05, 3.63) is 34.1 Å². The van der Waals surface area contributed by atoms with Gasteiger partial charge >= 0.3 is 0 Å². The largest absolute Gasteiger partial charge is 0.369 e. The fraction of sp³-hybridized carbons (Fsp3) is 0.333. The Hall–Kier alpha value is -1.84. The van der Waals surface area contributed by atoms with Crippen LogP contribution in [-0.2, 0) is 7.05 Å². The van der Waals surface area contributed by atoms with Gasteiger partial charge in [-0.3, -0.25) is 9.36 Å². The van der Waals surface area contributed by atoms with E-state index >= 15 is 0 Å². The topological polar surface area (TPSA) is 60.9 Å². The molecule has 2 aromatic rings. The summed E-state index contributed by atoms with van der Waals surface area (Å²) in [5, 5.41) is 0.612. The highest BCUT2D eigenvalue weighted by Gasteiger charge is 2.07. The van der Waals surface area contributed by atoms with Crippen LogP contribution in [0.25, 0.3) is 10.9 Å². The Morgan fingerprint density at radius 2 is 2.06 bits per heavy atom. The van der Waals surface area contributed by atoms with Crippen LogP contribution in [0, 0.1) is 0 Å². The highest BCUT2D eigenvalue weighted by molar-refractivity contribution is 5.79. The normalized spacial score (nSPS) is 11.2. The highest BCUT2D eigenvalue weighted by Crippen LogP contribution is 2.18. The third-order valence-corrected chi connectivity index (χ3v) is 2.80. The zero-order chi connectivity index (χ0) is 11.9. The van der Waals surface area contributed by atoms with Crippen molar-refractivity contribution >= 4 is 16.9 Å². The number of anilines is 1. The Labute approximate surface area is 93.7 Å². The summed E-state index contributed by atoms with van der Waals surface area (Å²) in [4.78, 5) is 16.1. The first-order chi connectivity index (χ1) is 7.50. The van der Waals surface area contributed by atoms with Crippen LogP contribution in [0.1, 0.15) is 25.3 Å². The lowest BCUT2D eigenvalue weighted by atomic mass is 10.0. The number of nitrogens with zero attached hydrogens (tertiary/aromatic N) is 2. The van der Waals surface area contributed by atoms with Gasteiger partial charge in [0.05, 0.1) is 10.9 Å². The molecule has 0 fully saturated rings. The van der Waals surface area contributed by atoms with Crippen molar-refractivity contribution in [3.8, 4) is 0 Å². The predicted molar refractivity (Wildman–Crippen MR) is 65.5 cm³/mol. The molecule has 0 aliphatic heterocycles. The molecular formula is C12H15N3O. The monoisotopic (exact) mass is 217 g/mol. The summed E-state index contributed by atoms with van der Waals surface area (Å²) in [5.74, 6) is 0.662. The Bertz CT molecular complexity index is 599. The van der Waals surface area contributed by atoms with Crippen LogP contribution < -0.4 is 11.3 Å². The molecule has 1 heterocycles. The van der Waals surface area contributed by atoms with Gasteiger partial charge < -0.3 is 5.73 Å². The van der Waals surface area contributed by atoms with E-state index in [2.05, 4.69) is 18.8 Å². The zero-order valence-electron chi connectivity index (χ0n) is 9.69. The molecule has 0 saturated heterocycles. The first kappa shape index (κ1) is 10.7. The van der Waals surface area contributed by atoms with Crippen LogP contribution in [0.5, 0.6) is 0 Å². The second kappa shape index (κ2) is 3.63.